The van der Waals surface area contributed by atoms with Crippen molar-refractivity contribution < 1.29 is 13.2 Å². The lowest BCUT2D eigenvalue weighted by Gasteiger charge is -2.22. The van der Waals surface area contributed by atoms with E-state index < -0.39 is 10.0 Å². The normalized spacial score (nSPS) is 11.6. The monoisotopic (exact) mass is 568 g/mol. The molecule has 0 aliphatic rings. The van der Waals surface area contributed by atoms with Crippen molar-refractivity contribution in [3.05, 3.63) is 117 Å². The van der Waals surface area contributed by atoms with Crippen LogP contribution in [0.4, 0.5) is 5.69 Å². The zero-order valence-corrected chi connectivity index (χ0v) is 23.3. The second-order valence-corrected chi connectivity index (χ2v) is 11.5. The van der Waals surface area contributed by atoms with Gasteiger partial charge in [-0.05, 0) is 67.9 Å². The van der Waals surface area contributed by atoms with Crippen LogP contribution in [-0.2, 0) is 16.6 Å². The van der Waals surface area contributed by atoms with Gasteiger partial charge in [-0.3, -0.25) is 9.10 Å². The highest BCUT2D eigenvalue weighted by atomic mass is 35.5. The molecule has 0 radical (unpaired) electrons. The Morgan fingerprint density at radius 3 is 2.34 bits per heavy atom. The number of carbonyl (C=O) groups excluding carboxylic acids is 1. The highest BCUT2D eigenvalue weighted by molar-refractivity contribution is 7.92. The zero-order chi connectivity index (χ0) is 27.4. The number of hydrogen-bond acceptors (Lipinski definition) is 4. The summed E-state index contributed by atoms with van der Waals surface area (Å²) in [6.45, 7) is 4.03. The van der Waals surface area contributed by atoms with Crippen LogP contribution in [0.15, 0.2) is 84.0 Å². The second kappa shape index (κ2) is 11.4. The number of rotatable bonds is 8. The summed E-state index contributed by atoms with van der Waals surface area (Å²) in [5.41, 5.74) is 7.66. The fourth-order valence-electron chi connectivity index (χ4n) is 4.09. The molecule has 0 atom stereocenters. The van der Waals surface area contributed by atoms with Gasteiger partial charge in [0.05, 0.1) is 35.4 Å². The number of anilines is 1. The van der Waals surface area contributed by atoms with Gasteiger partial charge in [-0.2, -0.15) is 5.10 Å². The van der Waals surface area contributed by atoms with E-state index in [2.05, 4.69) is 10.5 Å². The number of carbonyl (C=O) groups is 1. The Kier molecular flexibility index (Phi) is 8.26. The van der Waals surface area contributed by atoms with Gasteiger partial charge in [0.25, 0.3) is 5.91 Å². The number of benzene rings is 3. The van der Waals surface area contributed by atoms with Gasteiger partial charge in [0, 0.05) is 27.5 Å². The van der Waals surface area contributed by atoms with Gasteiger partial charge in [-0.15, -0.1) is 0 Å². The summed E-state index contributed by atoms with van der Waals surface area (Å²) in [5, 5.41) is 5.27. The van der Waals surface area contributed by atoms with Crippen LogP contribution in [0.5, 0.6) is 0 Å². The summed E-state index contributed by atoms with van der Waals surface area (Å²) in [6.07, 6.45) is 2.74. The van der Waals surface area contributed by atoms with Gasteiger partial charge in [-0.25, -0.2) is 13.8 Å². The summed E-state index contributed by atoms with van der Waals surface area (Å²) >= 11 is 12.5. The van der Waals surface area contributed by atoms with Gasteiger partial charge < -0.3 is 4.57 Å². The van der Waals surface area contributed by atoms with E-state index in [0.29, 0.717) is 21.3 Å². The molecule has 38 heavy (non-hydrogen) atoms. The van der Waals surface area contributed by atoms with E-state index in [1.54, 1.807) is 72.9 Å². The van der Waals surface area contributed by atoms with E-state index in [9.17, 15) is 13.2 Å². The maximum absolute atomic E-state index is 12.6. The summed E-state index contributed by atoms with van der Waals surface area (Å²) in [4.78, 5) is 12.6. The van der Waals surface area contributed by atoms with E-state index in [4.69, 9.17) is 23.2 Å². The third-order valence-corrected chi connectivity index (χ3v) is 7.67. The molecule has 10 heteroatoms. The van der Waals surface area contributed by atoms with Crippen molar-refractivity contribution >= 4 is 51.0 Å². The molecule has 1 amide bonds. The number of hydrazone groups is 1. The predicted molar refractivity (Wildman–Crippen MR) is 154 cm³/mol. The highest BCUT2D eigenvalue weighted by Crippen LogP contribution is 2.28. The summed E-state index contributed by atoms with van der Waals surface area (Å²) in [6, 6.07) is 22.8. The molecule has 0 saturated carbocycles. The Labute approximate surface area is 232 Å². The lowest BCUT2D eigenvalue weighted by atomic mass is 10.1. The molecule has 1 N–H and O–H groups in total. The van der Waals surface area contributed by atoms with Crippen molar-refractivity contribution in [3.63, 3.8) is 0 Å². The smallest absolute Gasteiger partial charge is 0.271 e. The molecular weight excluding hydrogens is 543 g/mol. The number of aryl methyl sites for hydroxylation is 1. The van der Waals surface area contributed by atoms with Crippen LogP contribution >= 0.6 is 23.2 Å². The predicted octanol–water partition coefficient (Wildman–Crippen LogP) is 6.13. The Balaban J connectivity index is 1.45. The van der Waals surface area contributed by atoms with Crippen molar-refractivity contribution in [2.45, 2.75) is 20.4 Å². The molecule has 0 aliphatic heterocycles. The van der Waals surface area contributed by atoms with Crippen LogP contribution in [0, 0.1) is 13.8 Å². The molecule has 0 bridgehead atoms. The Bertz CT molecular complexity index is 1600. The topological polar surface area (TPSA) is 83.8 Å². The minimum absolute atomic E-state index is 0.148. The molecule has 196 valence electrons. The maximum atomic E-state index is 12.6. The molecule has 0 fully saturated rings. The maximum Gasteiger partial charge on any atom is 0.271 e. The van der Waals surface area contributed by atoms with E-state index in [-0.39, 0.29) is 12.5 Å². The zero-order valence-electron chi connectivity index (χ0n) is 21.0. The molecule has 7 nitrogen and oxygen atoms in total. The highest BCUT2D eigenvalue weighted by Gasteiger charge is 2.18. The molecule has 1 aromatic heterocycles. The average Bonchev–Trinajstić information content (AvgIpc) is 3.16. The molecule has 4 aromatic rings. The van der Waals surface area contributed by atoms with Crippen LogP contribution in [0.3, 0.4) is 0 Å². The third-order valence-electron chi connectivity index (χ3n) is 5.98. The number of sulfonamides is 1. The Morgan fingerprint density at radius 2 is 1.68 bits per heavy atom. The number of nitrogens with zero attached hydrogens (tertiary/aromatic N) is 3. The summed E-state index contributed by atoms with van der Waals surface area (Å²) < 4.78 is 28.0. The van der Waals surface area contributed by atoms with Crippen LogP contribution in [0.1, 0.15) is 32.9 Å². The van der Waals surface area contributed by atoms with Crippen molar-refractivity contribution in [3.8, 4) is 5.69 Å². The number of halogens is 2. The SMILES string of the molecule is Cc1cc(/C=N\NC(=O)c2ccc(CN(c3ccccc3)S(C)(=O)=O)cc2)c(C)n1-c1cc(Cl)ccc1Cl. The Hall–Kier alpha value is -3.59. The molecule has 0 unspecified atom stereocenters. The van der Waals surface area contributed by atoms with Crippen LogP contribution in [-0.4, -0.2) is 31.4 Å². The molecular formula is C28H26Cl2N4O3S. The number of aromatic nitrogens is 1. The summed E-state index contributed by atoms with van der Waals surface area (Å²) in [5.74, 6) is -0.387. The van der Waals surface area contributed by atoms with Gasteiger partial charge in [0.15, 0.2) is 0 Å². The van der Waals surface area contributed by atoms with Crippen molar-refractivity contribution in [2.75, 3.05) is 10.6 Å². The largest absolute Gasteiger partial charge is 0.316 e. The standard InChI is InChI=1S/C28H26Cl2N4O3S/c1-19-15-23(20(2)34(19)27-16-24(29)13-14-26(27)30)17-31-32-28(35)22-11-9-21(10-12-22)18-33(38(3,36)37)25-7-5-4-6-8-25/h4-17H,18H2,1-3H3,(H,32,35)/b31-17-. The third kappa shape index (κ3) is 6.27. The van der Waals surface area contributed by atoms with Gasteiger partial charge in [0.1, 0.15) is 0 Å². The first-order valence-corrected chi connectivity index (χ1v) is 14.2. The lowest BCUT2D eigenvalue weighted by Crippen LogP contribution is -2.29. The molecule has 0 saturated heterocycles. The van der Waals surface area contributed by atoms with Crippen molar-refractivity contribution in [1.29, 1.82) is 0 Å². The van der Waals surface area contributed by atoms with Crippen molar-refractivity contribution in [2.24, 2.45) is 5.10 Å². The Morgan fingerprint density at radius 1 is 1.00 bits per heavy atom. The second-order valence-electron chi connectivity index (χ2n) is 8.76. The first-order chi connectivity index (χ1) is 18.0. The van der Waals surface area contributed by atoms with Crippen molar-refractivity contribution in [1.82, 2.24) is 9.99 Å². The van der Waals surface area contributed by atoms with E-state index >= 15 is 0 Å². The quantitative estimate of drug-likeness (QED) is 0.205. The number of amides is 1. The van der Waals surface area contributed by atoms with Crippen LogP contribution in [0.2, 0.25) is 10.0 Å². The fourth-order valence-corrected chi connectivity index (χ4v) is 5.35. The van der Waals surface area contributed by atoms with Gasteiger partial charge in [-0.1, -0.05) is 53.5 Å². The molecule has 0 aliphatic carbocycles. The number of nitrogens with one attached hydrogen (secondary N) is 1. The average molecular weight is 570 g/mol. The van der Waals surface area contributed by atoms with E-state index in [1.165, 1.54) is 10.6 Å². The molecule has 4 rings (SSSR count). The first-order valence-electron chi connectivity index (χ1n) is 11.6. The van der Waals surface area contributed by atoms with Gasteiger partial charge >= 0.3 is 0 Å². The van der Waals surface area contributed by atoms with E-state index in [1.807, 2.05) is 30.5 Å². The minimum Gasteiger partial charge on any atom is -0.316 e. The number of hydrogen-bond donors (Lipinski definition) is 1. The van der Waals surface area contributed by atoms with Crippen LogP contribution in [0.25, 0.3) is 5.69 Å². The molecule has 0 spiro atoms. The van der Waals surface area contributed by atoms with E-state index in [0.717, 1.165) is 28.2 Å². The fraction of sp³-hybridized carbons (Fsp3) is 0.143. The number of para-hydroxylation sites is 1. The van der Waals surface area contributed by atoms with Crippen LogP contribution < -0.4 is 9.73 Å². The molecule has 3 aromatic carbocycles. The first kappa shape index (κ1) is 27.4. The molecule has 1 heterocycles. The lowest BCUT2D eigenvalue weighted by molar-refractivity contribution is 0.0955. The van der Waals surface area contributed by atoms with Gasteiger partial charge in [0.2, 0.25) is 10.0 Å². The summed E-state index contributed by atoms with van der Waals surface area (Å²) in [7, 11) is -3.49. The minimum atomic E-state index is -3.49.